The molecule has 0 N–H and O–H groups in total. The molecule has 1 aromatic carbocycles. The molecule has 18 heavy (non-hydrogen) atoms. The van der Waals surface area contributed by atoms with Gasteiger partial charge in [-0.15, -0.1) is 0 Å². The number of hydrogen-bond acceptors (Lipinski definition) is 0. The first-order valence-electron chi connectivity index (χ1n) is 6.12. The molecule has 3 aliphatic carbocycles. The first-order valence-corrected chi connectivity index (χ1v) is 6.91. The molecule has 2 heteroatoms. The second-order valence-corrected chi connectivity index (χ2v) is 5.84. The molecule has 4 rings (SSSR count). The van der Waals surface area contributed by atoms with E-state index in [0.717, 1.165) is 5.46 Å². The van der Waals surface area contributed by atoms with E-state index in [2.05, 4.69) is 58.5 Å². The predicted molar refractivity (Wildman–Crippen MR) is 81.2 cm³/mol. The average molecular weight is 293 g/mol. The maximum absolute atomic E-state index is 6.12. The van der Waals surface area contributed by atoms with Gasteiger partial charge in [-0.3, -0.25) is 0 Å². The number of halogens is 1. The minimum atomic E-state index is 0.424. The molecule has 0 aromatic heterocycles. The lowest BCUT2D eigenvalue weighted by molar-refractivity contribution is 0.664. The predicted octanol–water partition coefficient (Wildman–Crippen LogP) is 3.45. The summed E-state index contributed by atoms with van der Waals surface area (Å²) < 4.78 is 1.19. The van der Waals surface area contributed by atoms with Crippen molar-refractivity contribution >= 4 is 41.4 Å². The van der Waals surface area contributed by atoms with E-state index in [1.54, 1.807) is 0 Å². The van der Waals surface area contributed by atoms with Crippen molar-refractivity contribution in [3.63, 3.8) is 0 Å². The molecule has 0 amide bonds. The topological polar surface area (TPSA) is 0 Å². The van der Waals surface area contributed by atoms with E-state index in [-0.39, 0.29) is 0 Å². The van der Waals surface area contributed by atoms with Gasteiger partial charge in [-0.05, 0) is 22.3 Å². The van der Waals surface area contributed by atoms with Crippen LogP contribution in [0.15, 0.2) is 46.5 Å². The summed E-state index contributed by atoms with van der Waals surface area (Å²) in [6.07, 6.45) is 13.3. The number of hydrogen-bond donors (Lipinski definition) is 0. The quantitative estimate of drug-likeness (QED) is 0.643. The summed E-state index contributed by atoms with van der Waals surface area (Å²) in [6.45, 7) is 0. The lowest BCUT2D eigenvalue weighted by atomic mass is 9.67. The summed E-state index contributed by atoms with van der Waals surface area (Å²) in [5.74, 6) is 0.882. The molecule has 0 fully saturated rings. The summed E-state index contributed by atoms with van der Waals surface area (Å²) in [6, 6.07) is 4.13. The molecule has 0 spiro atoms. The van der Waals surface area contributed by atoms with Gasteiger partial charge in [0.15, 0.2) is 0 Å². The summed E-state index contributed by atoms with van der Waals surface area (Å²) >= 11 is 3.66. The molecular formula is C16H10BBr. The van der Waals surface area contributed by atoms with E-state index in [1.165, 1.54) is 26.7 Å². The van der Waals surface area contributed by atoms with Crippen LogP contribution < -0.4 is 5.46 Å². The lowest BCUT2D eigenvalue weighted by Crippen LogP contribution is -2.25. The van der Waals surface area contributed by atoms with Gasteiger partial charge < -0.3 is 0 Å². The first-order chi connectivity index (χ1) is 8.75. The fourth-order valence-corrected chi connectivity index (χ4v) is 3.73. The zero-order valence-corrected chi connectivity index (χ0v) is 11.3. The molecule has 0 bridgehead atoms. The van der Waals surface area contributed by atoms with Crippen LogP contribution in [0, 0.1) is 5.92 Å². The van der Waals surface area contributed by atoms with Gasteiger partial charge in [0.2, 0.25) is 0 Å². The molecule has 0 nitrogen and oxygen atoms in total. The Labute approximate surface area is 116 Å². The SMILES string of the molecule is [B]c1ccc2c3c1C=CC1C=CC(Br)=C(C=C2)C31. The van der Waals surface area contributed by atoms with Gasteiger partial charge >= 0.3 is 0 Å². The monoisotopic (exact) mass is 292 g/mol. The number of rotatable bonds is 0. The summed E-state index contributed by atoms with van der Waals surface area (Å²) in [7, 11) is 6.12. The van der Waals surface area contributed by atoms with Crippen molar-refractivity contribution in [1.29, 1.82) is 0 Å². The van der Waals surface area contributed by atoms with E-state index >= 15 is 0 Å². The Morgan fingerprint density at radius 2 is 1.83 bits per heavy atom. The zero-order chi connectivity index (χ0) is 12.3. The van der Waals surface area contributed by atoms with Gasteiger partial charge in [0.05, 0.1) is 0 Å². The lowest BCUT2D eigenvalue weighted by Gasteiger charge is -2.36. The summed E-state index contributed by atoms with van der Waals surface area (Å²) in [5.41, 5.74) is 6.14. The fraction of sp³-hybridized carbons (Fsp3) is 0.125. The molecule has 0 saturated carbocycles. The average Bonchev–Trinajstić information content (AvgIpc) is 2.40. The Morgan fingerprint density at radius 1 is 1.00 bits per heavy atom. The first kappa shape index (κ1) is 10.6. The van der Waals surface area contributed by atoms with Gasteiger partial charge in [0.1, 0.15) is 7.85 Å². The molecule has 0 aliphatic heterocycles. The van der Waals surface area contributed by atoms with Crippen LogP contribution in [0.25, 0.3) is 12.2 Å². The molecular weight excluding hydrogens is 283 g/mol. The third-order valence-corrected chi connectivity index (χ3v) is 4.78. The molecule has 2 atom stereocenters. The largest absolute Gasteiger partial charge is 0.114 e. The van der Waals surface area contributed by atoms with Crippen molar-refractivity contribution in [2.75, 3.05) is 0 Å². The maximum Gasteiger partial charge on any atom is 0.114 e. The number of allylic oxidation sites excluding steroid dienone is 6. The second kappa shape index (κ2) is 3.61. The van der Waals surface area contributed by atoms with Crippen LogP contribution in [0.4, 0.5) is 0 Å². The van der Waals surface area contributed by atoms with E-state index in [0.29, 0.717) is 11.8 Å². The molecule has 3 aliphatic rings. The molecule has 2 unspecified atom stereocenters. The Bertz CT molecular complexity index is 677. The summed E-state index contributed by atoms with van der Waals surface area (Å²) in [5, 5.41) is 0. The highest BCUT2D eigenvalue weighted by Gasteiger charge is 2.34. The zero-order valence-electron chi connectivity index (χ0n) is 9.73. The van der Waals surface area contributed by atoms with Crippen LogP contribution >= 0.6 is 15.9 Å². The molecule has 84 valence electrons. The van der Waals surface area contributed by atoms with Gasteiger partial charge in [0.25, 0.3) is 0 Å². The standard InChI is InChI=1S/C16H10BBr/c17-13-7-3-9-2-6-12-14(18)8-4-10-1-5-11(13)15(9)16(10)12/h1-8,10,16H. The van der Waals surface area contributed by atoms with E-state index in [4.69, 9.17) is 7.85 Å². The Kier molecular flexibility index (Phi) is 2.13. The second-order valence-electron chi connectivity index (χ2n) is 4.98. The van der Waals surface area contributed by atoms with Crippen molar-refractivity contribution in [3.05, 3.63) is 63.2 Å². The Balaban J connectivity index is 2.09. The highest BCUT2D eigenvalue weighted by atomic mass is 79.9. The third kappa shape index (κ3) is 1.27. The van der Waals surface area contributed by atoms with Crippen LogP contribution in [0.5, 0.6) is 0 Å². The Hall–Kier alpha value is -1.28. The maximum atomic E-state index is 6.12. The van der Waals surface area contributed by atoms with Crippen molar-refractivity contribution in [3.8, 4) is 0 Å². The van der Waals surface area contributed by atoms with Crippen LogP contribution in [-0.2, 0) is 0 Å². The van der Waals surface area contributed by atoms with Crippen molar-refractivity contribution in [1.82, 2.24) is 0 Å². The van der Waals surface area contributed by atoms with E-state index in [1.807, 2.05) is 6.07 Å². The minimum absolute atomic E-state index is 0.424. The normalized spacial score (nSPS) is 26.5. The van der Waals surface area contributed by atoms with Crippen molar-refractivity contribution in [2.45, 2.75) is 5.92 Å². The van der Waals surface area contributed by atoms with Crippen LogP contribution in [-0.4, -0.2) is 7.85 Å². The van der Waals surface area contributed by atoms with E-state index in [9.17, 15) is 0 Å². The van der Waals surface area contributed by atoms with Crippen molar-refractivity contribution in [2.24, 2.45) is 5.92 Å². The van der Waals surface area contributed by atoms with Crippen LogP contribution in [0.1, 0.15) is 22.6 Å². The number of benzene rings is 1. The molecule has 0 saturated heterocycles. The fourth-order valence-electron chi connectivity index (χ4n) is 3.20. The minimum Gasteiger partial charge on any atom is -0.0892 e. The molecule has 1 aromatic rings. The van der Waals surface area contributed by atoms with Crippen molar-refractivity contribution < 1.29 is 0 Å². The van der Waals surface area contributed by atoms with Crippen LogP contribution in [0.3, 0.4) is 0 Å². The summed E-state index contributed by atoms with van der Waals surface area (Å²) in [4.78, 5) is 0. The van der Waals surface area contributed by atoms with Gasteiger partial charge in [0, 0.05) is 16.3 Å². The highest BCUT2D eigenvalue weighted by Crippen LogP contribution is 2.48. The van der Waals surface area contributed by atoms with Gasteiger partial charge in [-0.1, -0.05) is 70.0 Å². The highest BCUT2D eigenvalue weighted by molar-refractivity contribution is 9.11. The smallest absolute Gasteiger partial charge is 0.0892 e. The Morgan fingerprint density at radius 3 is 2.72 bits per heavy atom. The van der Waals surface area contributed by atoms with Gasteiger partial charge in [-0.2, -0.15) is 0 Å². The molecule has 0 heterocycles. The third-order valence-electron chi connectivity index (χ3n) is 4.05. The molecule has 2 radical (unpaired) electrons. The van der Waals surface area contributed by atoms with Gasteiger partial charge in [-0.25, -0.2) is 0 Å². The van der Waals surface area contributed by atoms with E-state index < -0.39 is 0 Å². The van der Waals surface area contributed by atoms with Crippen LogP contribution in [0.2, 0.25) is 0 Å².